The van der Waals surface area contributed by atoms with E-state index in [1.807, 2.05) is 11.6 Å². The van der Waals surface area contributed by atoms with Crippen LogP contribution in [0.5, 0.6) is 0 Å². The molecule has 5 heteroatoms. The Morgan fingerprint density at radius 2 is 2.18 bits per heavy atom. The summed E-state index contributed by atoms with van der Waals surface area (Å²) in [6.45, 7) is 1.90. The molecule has 0 aliphatic heterocycles. The van der Waals surface area contributed by atoms with E-state index in [0.29, 0.717) is 11.6 Å². The lowest BCUT2D eigenvalue weighted by Crippen LogP contribution is -2.22. The Balaban J connectivity index is 2.22. The topological polar surface area (TPSA) is 81.1 Å². The quantitative estimate of drug-likeness (QED) is 0.839. The summed E-state index contributed by atoms with van der Waals surface area (Å²) < 4.78 is 1.96. The normalized spacial score (nSPS) is 19.2. The lowest BCUT2D eigenvalue weighted by atomic mass is 9.95. The third-order valence-electron chi connectivity index (χ3n) is 3.60. The van der Waals surface area contributed by atoms with Gasteiger partial charge in [0.2, 0.25) is 0 Å². The van der Waals surface area contributed by atoms with E-state index in [1.54, 1.807) is 6.20 Å². The van der Waals surface area contributed by atoms with E-state index in [1.165, 1.54) is 19.3 Å². The van der Waals surface area contributed by atoms with Crippen molar-refractivity contribution < 1.29 is 9.90 Å². The van der Waals surface area contributed by atoms with Crippen LogP contribution in [0.2, 0.25) is 0 Å². The van der Waals surface area contributed by atoms with Gasteiger partial charge in [-0.3, -0.25) is 9.48 Å². The van der Waals surface area contributed by atoms with E-state index in [-0.39, 0.29) is 0 Å². The zero-order valence-electron chi connectivity index (χ0n) is 10.1. The molecule has 1 saturated carbocycles. The van der Waals surface area contributed by atoms with Crippen molar-refractivity contribution in [2.24, 2.45) is 5.73 Å². The maximum atomic E-state index is 10.9. The van der Waals surface area contributed by atoms with Crippen molar-refractivity contribution in [2.75, 3.05) is 0 Å². The molecule has 0 bridgehead atoms. The summed E-state index contributed by atoms with van der Waals surface area (Å²) in [7, 11) is 0. The number of carboxylic acids is 1. The van der Waals surface area contributed by atoms with Gasteiger partial charge >= 0.3 is 5.97 Å². The van der Waals surface area contributed by atoms with Crippen molar-refractivity contribution in [1.29, 1.82) is 0 Å². The van der Waals surface area contributed by atoms with Crippen LogP contribution >= 0.6 is 0 Å². The second kappa shape index (κ2) is 4.87. The van der Waals surface area contributed by atoms with E-state index in [2.05, 4.69) is 5.10 Å². The van der Waals surface area contributed by atoms with Crippen LogP contribution in [0.4, 0.5) is 0 Å². The third-order valence-corrected chi connectivity index (χ3v) is 3.60. The highest BCUT2D eigenvalue weighted by molar-refractivity contribution is 5.75. The van der Waals surface area contributed by atoms with Gasteiger partial charge in [0.15, 0.2) is 0 Å². The molecule has 1 aliphatic carbocycles. The number of carboxylic acid groups (broad SMARTS) is 1. The fraction of sp³-hybridized carbons (Fsp3) is 0.667. The number of carbonyl (C=O) groups is 1. The minimum Gasteiger partial charge on any atom is -0.480 e. The van der Waals surface area contributed by atoms with Gasteiger partial charge in [-0.05, 0) is 19.8 Å². The zero-order chi connectivity index (χ0) is 12.4. The molecule has 1 fully saturated rings. The molecule has 1 unspecified atom stereocenters. The van der Waals surface area contributed by atoms with Gasteiger partial charge in [-0.15, -0.1) is 0 Å². The summed E-state index contributed by atoms with van der Waals surface area (Å²) >= 11 is 0. The average molecular weight is 237 g/mol. The minimum atomic E-state index is -1.00. The number of hydrogen-bond donors (Lipinski definition) is 2. The molecular formula is C12H19N3O2. The molecule has 2 rings (SSSR count). The second-order valence-corrected chi connectivity index (χ2v) is 4.74. The number of hydrogen-bond acceptors (Lipinski definition) is 3. The van der Waals surface area contributed by atoms with Gasteiger partial charge in [0.25, 0.3) is 0 Å². The summed E-state index contributed by atoms with van der Waals surface area (Å²) in [6.07, 6.45) is 7.60. The van der Waals surface area contributed by atoms with Gasteiger partial charge < -0.3 is 10.8 Å². The van der Waals surface area contributed by atoms with E-state index < -0.39 is 12.0 Å². The second-order valence-electron chi connectivity index (χ2n) is 4.74. The molecule has 0 saturated heterocycles. The number of aromatic nitrogens is 2. The van der Waals surface area contributed by atoms with E-state index in [9.17, 15) is 4.79 Å². The Labute approximate surface area is 101 Å². The van der Waals surface area contributed by atoms with Gasteiger partial charge in [0.1, 0.15) is 6.04 Å². The fourth-order valence-corrected chi connectivity index (χ4v) is 2.57. The lowest BCUT2D eigenvalue weighted by Gasteiger charge is -2.23. The van der Waals surface area contributed by atoms with Gasteiger partial charge in [0.05, 0.1) is 12.2 Å². The largest absolute Gasteiger partial charge is 0.480 e. The number of nitrogens with zero attached hydrogens (tertiary/aromatic N) is 2. The molecule has 1 aliphatic rings. The molecule has 3 N–H and O–H groups in total. The Morgan fingerprint density at radius 1 is 1.53 bits per heavy atom. The highest BCUT2D eigenvalue weighted by atomic mass is 16.4. The maximum Gasteiger partial charge on any atom is 0.325 e. The highest BCUT2D eigenvalue weighted by Gasteiger charge is 2.23. The molecule has 94 valence electrons. The molecule has 5 nitrogen and oxygen atoms in total. The van der Waals surface area contributed by atoms with E-state index in [0.717, 1.165) is 18.5 Å². The summed E-state index contributed by atoms with van der Waals surface area (Å²) in [5.41, 5.74) is 7.15. The number of nitrogens with two attached hydrogens (primary N) is 1. The summed E-state index contributed by atoms with van der Waals surface area (Å²) in [4.78, 5) is 10.9. The Bertz CT molecular complexity index is 408. The van der Waals surface area contributed by atoms with Crippen LogP contribution in [0.15, 0.2) is 6.20 Å². The number of aliphatic carboxylic acids is 1. The minimum absolute atomic E-state index is 0.415. The molecule has 17 heavy (non-hydrogen) atoms. The van der Waals surface area contributed by atoms with Gasteiger partial charge in [-0.25, -0.2) is 0 Å². The van der Waals surface area contributed by atoms with Gasteiger partial charge in [-0.1, -0.05) is 19.3 Å². The smallest absolute Gasteiger partial charge is 0.325 e. The summed E-state index contributed by atoms with van der Waals surface area (Å²) in [5, 5.41) is 13.2. The first-order valence-corrected chi connectivity index (χ1v) is 6.13. The fourth-order valence-electron chi connectivity index (χ4n) is 2.57. The third kappa shape index (κ3) is 2.34. The van der Waals surface area contributed by atoms with E-state index in [4.69, 9.17) is 10.8 Å². The van der Waals surface area contributed by atoms with Gasteiger partial charge in [-0.2, -0.15) is 5.10 Å². The molecule has 1 heterocycles. The van der Waals surface area contributed by atoms with Crippen molar-refractivity contribution in [3.8, 4) is 0 Å². The van der Waals surface area contributed by atoms with Crippen LogP contribution in [-0.4, -0.2) is 20.9 Å². The average Bonchev–Trinajstić information content (AvgIpc) is 2.71. The summed E-state index contributed by atoms with van der Waals surface area (Å²) in [5.74, 6) is -1.00. The zero-order valence-corrected chi connectivity index (χ0v) is 10.1. The van der Waals surface area contributed by atoms with Crippen LogP contribution in [-0.2, 0) is 4.79 Å². The first kappa shape index (κ1) is 12.1. The van der Waals surface area contributed by atoms with Gasteiger partial charge in [0, 0.05) is 11.3 Å². The standard InChI is InChI=1S/C12H19N3O2/c1-8-10(11(13)12(16)17)7-14-15(8)9-5-3-2-4-6-9/h7,9,11H,2-6,13H2,1H3,(H,16,17). The molecule has 0 aromatic carbocycles. The molecule has 1 atom stereocenters. The Morgan fingerprint density at radius 3 is 2.76 bits per heavy atom. The SMILES string of the molecule is Cc1c(C(N)C(=O)O)cnn1C1CCCCC1. The van der Waals surface area contributed by atoms with Crippen LogP contribution in [0.3, 0.4) is 0 Å². The monoisotopic (exact) mass is 237 g/mol. The van der Waals surface area contributed by atoms with Crippen LogP contribution < -0.4 is 5.73 Å². The number of rotatable bonds is 3. The maximum absolute atomic E-state index is 10.9. The van der Waals surface area contributed by atoms with Crippen LogP contribution in [0, 0.1) is 6.92 Å². The molecule has 1 aromatic rings. The molecule has 1 aromatic heterocycles. The molecule has 0 spiro atoms. The van der Waals surface area contributed by atoms with Crippen LogP contribution in [0.25, 0.3) is 0 Å². The highest BCUT2D eigenvalue weighted by Crippen LogP contribution is 2.30. The Kier molecular flexibility index (Phi) is 3.47. The van der Waals surface area contributed by atoms with E-state index >= 15 is 0 Å². The summed E-state index contributed by atoms with van der Waals surface area (Å²) in [6, 6.07) is -0.550. The van der Waals surface area contributed by atoms with Crippen molar-refractivity contribution in [3.63, 3.8) is 0 Å². The first-order chi connectivity index (χ1) is 8.11. The molecular weight excluding hydrogens is 218 g/mol. The predicted molar refractivity (Wildman–Crippen MR) is 63.7 cm³/mol. The van der Waals surface area contributed by atoms with Crippen LogP contribution in [0.1, 0.15) is 55.4 Å². The van der Waals surface area contributed by atoms with Crippen molar-refractivity contribution in [2.45, 2.75) is 51.1 Å². The molecule has 0 radical (unpaired) electrons. The lowest BCUT2D eigenvalue weighted by molar-refractivity contribution is -0.138. The van der Waals surface area contributed by atoms with Crippen molar-refractivity contribution in [1.82, 2.24) is 9.78 Å². The van der Waals surface area contributed by atoms with Crippen molar-refractivity contribution >= 4 is 5.97 Å². The Hall–Kier alpha value is -1.36. The first-order valence-electron chi connectivity index (χ1n) is 6.13. The van der Waals surface area contributed by atoms with Crippen molar-refractivity contribution in [3.05, 3.63) is 17.5 Å². The predicted octanol–water partition coefficient (Wildman–Crippen LogP) is 1.78. The molecule has 0 amide bonds.